The van der Waals surface area contributed by atoms with E-state index in [-0.39, 0.29) is 17.4 Å². The van der Waals surface area contributed by atoms with Crippen molar-refractivity contribution in [3.05, 3.63) is 23.8 Å². The summed E-state index contributed by atoms with van der Waals surface area (Å²) in [7, 11) is 1.63. The van der Waals surface area contributed by atoms with E-state index in [0.29, 0.717) is 12.1 Å². The first kappa shape index (κ1) is 18.4. The van der Waals surface area contributed by atoms with Gasteiger partial charge >= 0.3 is 12.6 Å². The molecule has 0 radical (unpaired) electrons. The third-order valence-corrected chi connectivity index (χ3v) is 4.41. The summed E-state index contributed by atoms with van der Waals surface area (Å²) in [5.41, 5.74) is 0.867. The summed E-state index contributed by atoms with van der Waals surface area (Å²) in [5.74, 6) is -0.0207. The number of benzene rings is 1. The van der Waals surface area contributed by atoms with Gasteiger partial charge in [-0.05, 0) is 31.4 Å². The third-order valence-electron chi connectivity index (χ3n) is 4.41. The van der Waals surface area contributed by atoms with E-state index in [1.165, 1.54) is 11.0 Å². The van der Waals surface area contributed by atoms with Crippen LogP contribution in [0.5, 0.6) is 5.75 Å². The minimum absolute atomic E-state index is 0.0446. The van der Waals surface area contributed by atoms with Crippen molar-refractivity contribution < 1.29 is 23.4 Å². The average molecular weight is 342 g/mol. The van der Waals surface area contributed by atoms with Crippen molar-refractivity contribution in [3.63, 3.8) is 0 Å². The molecule has 0 bridgehead atoms. The maximum Gasteiger partial charge on any atom is 0.387 e. The highest BCUT2D eigenvalue weighted by atomic mass is 19.3. The molecule has 0 aromatic heterocycles. The number of ether oxygens (including phenoxy) is 1. The van der Waals surface area contributed by atoms with Gasteiger partial charge in [0.15, 0.2) is 0 Å². The van der Waals surface area contributed by atoms with Crippen molar-refractivity contribution in [1.82, 2.24) is 4.90 Å². The third kappa shape index (κ3) is 4.80. The monoisotopic (exact) mass is 342 g/mol. The normalized spacial score (nSPS) is 20.8. The molecule has 1 aromatic rings. The Labute approximate surface area is 140 Å². The van der Waals surface area contributed by atoms with Crippen LogP contribution in [0.1, 0.15) is 31.2 Å². The Balaban J connectivity index is 2.03. The zero-order valence-corrected chi connectivity index (χ0v) is 14.0. The zero-order valence-electron chi connectivity index (χ0n) is 14.0. The Morgan fingerprint density at radius 3 is 2.79 bits per heavy atom. The number of aliphatic hydroxyl groups excluding tert-OH is 1. The number of aliphatic hydroxyl groups is 1. The molecule has 5 nitrogen and oxygen atoms in total. The number of alkyl halides is 2. The molecule has 2 atom stereocenters. The smallest absolute Gasteiger partial charge is 0.387 e. The highest BCUT2D eigenvalue weighted by Gasteiger charge is 2.26. The van der Waals surface area contributed by atoms with Gasteiger partial charge in [0.2, 0.25) is 0 Å². The molecule has 1 aromatic carbocycles. The standard InChI is InChI=1S/C17H24F2N2O3/c1-11-6-5-9-14(24-16(18)19)15(11)20-17(23)21(2)10-12-7-3-4-8-13(12)22/h5-6,9,12-13,16,22H,3-4,7-8,10H2,1-2H3,(H,20,23). The predicted octanol–water partition coefficient (Wildman–Crippen LogP) is 3.61. The molecule has 0 aliphatic heterocycles. The molecule has 0 heterocycles. The molecule has 0 spiro atoms. The number of hydrogen-bond acceptors (Lipinski definition) is 3. The minimum Gasteiger partial charge on any atom is -0.433 e. The van der Waals surface area contributed by atoms with Gasteiger partial charge in [0.25, 0.3) is 0 Å². The lowest BCUT2D eigenvalue weighted by Crippen LogP contribution is -2.40. The van der Waals surface area contributed by atoms with Crippen LogP contribution >= 0.6 is 0 Å². The van der Waals surface area contributed by atoms with Crippen LogP contribution in [0.15, 0.2) is 18.2 Å². The van der Waals surface area contributed by atoms with Gasteiger partial charge in [-0.15, -0.1) is 0 Å². The molecule has 0 saturated heterocycles. The van der Waals surface area contributed by atoms with Gasteiger partial charge in [-0.3, -0.25) is 0 Å². The molecule has 1 saturated carbocycles. The van der Waals surface area contributed by atoms with E-state index < -0.39 is 18.7 Å². The van der Waals surface area contributed by atoms with Gasteiger partial charge in [-0.1, -0.05) is 25.0 Å². The number of aryl methyl sites for hydroxylation is 1. The summed E-state index contributed by atoms with van der Waals surface area (Å²) in [6.07, 6.45) is 3.28. The molecule has 1 aliphatic carbocycles. The average Bonchev–Trinajstić information content (AvgIpc) is 2.52. The number of anilines is 1. The SMILES string of the molecule is Cc1cccc(OC(F)F)c1NC(=O)N(C)CC1CCCCC1O. The van der Waals surface area contributed by atoms with Crippen molar-refractivity contribution in [2.75, 3.05) is 18.9 Å². The Bertz CT molecular complexity index is 569. The Morgan fingerprint density at radius 1 is 1.42 bits per heavy atom. The first-order chi connectivity index (χ1) is 11.4. The summed E-state index contributed by atoms with van der Waals surface area (Å²) < 4.78 is 29.5. The van der Waals surface area contributed by atoms with Crippen LogP contribution in [0.2, 0.25) is 0 Å². The molecule has 24 heavy (non-hydrogen) atoms. The fourth-order valence-electron chi connectivity index (χ4n) is 3.03. The number of amides is 2. The summed E-state index contributed by atoms with van der Waals surface area (Å²) in [5, 5.41) is 12.7. The van der Waals surface area contributed by atoms with Gasteiger partial charge in [0.1, 0.15) is 5.75 Å². The molecular weight excluding hydrogens is 318 g/mol. The van der Waals surface area contributed by atoms with E-state index in [1.54, 1.807) is 26.1 Å². The molecule has 2 amide bonds. The summed E-state index contributed by atoms with van der Waals surface area (Å²) in [6.45, 7) is -0.833. The van der Waals surface area contributed by atoms with Crippen molar-refractivity contribution >= 4 is 11.7 Å². The van der Waals surface area contributed by atoms with Crippen LogP contribution in [0.3, 0.4) is 0 Å². The van der Waals surface area contributed by atoms with Crippen LogP contribution in [0, 0.1) is 12.8 Å². The van der Waals surface area contributed by atoms with Gasteiger partial charge in [0.05, 0.1) is 11.8 Å². The van der Waals surface area contributed by atoms with E-state index in [9.17, 15) is 18.7 Å². The van der Waals surface area contributed by atoms with Crippen LogP contribution in [0.4, 0.5) is 19.3 Å². The lowest BCUT2D eigenvalue weighted by Gasteiger charge is -2.31. The largest absolute Gasteiger partial charge is 0.433 e. The lowest BCUT2D eigenvalue weighted by atomic mass is 9.86. The fraction of sp³-hybridized carbons (Fsp3) is 0.588. The maximum atomic E-state index is 12.5. The van der Waals surface area contributed by atoms with Crippen LogP contribution < -0.4 is 10.1 Å². The van der Waals surface area contributed by atoms with Gasteiger partial charge < -0.3 is 20.1 Å². The maximum absolute atomic E-state index is 12.5. The minimum atomic E-state index is -2.96. The highest BCUT2D eigenvalue weighted by Crippen LogP contribution is 2.30. The fourth-order valence-corrected chi connectivity index (χ4v) is 3.03. The summed E-state index contributed by atoms with van der Waals surface area (Å²) in [6, 6.07) is 4.27. The van der Waals surface area contributed by atoms with Gasteiger partial charge in [-0.25, -0.2) is 4.79 Å². The molecule has 134 valence electrons. The van der Waals surface area contributed by atoms with Crippen LogP contribution in [0.25, 0.3) is 0 Å². The number of urea groups is 1. The predicted molar refractivity (Wildman–Crippen MR) is 87.4 cm³/mol. The van der Waals surface area contributed by atoms with E-state index in [0.717, 1.165) is 25.7 Å². The van der Waals surface area contributed by atoms with E-state index in [4.69, 9.17) is 0 Å². The molecule has 7 heteroatoms. The molecule has 1 aliphatic rings. The van der Waals surface area contributed by atoms with Crippen molar-refractivity contribution in [1.29, 1.82) is 0 Å². The number of nitrogens with one attached hydrogen (secondary N) is 1. The summed E-state index contributed by atoms with van der Waals surface area (Å²) in [4.78, 5) is 13.8. The zero-order chi connectivity index (χ0) is 17.7. The number of rotatable bonds is 5. The number of nitrogens with zero attached hydrogens (tertiary/aromatic N) is 1. The lowest BCUT2D eigenvalue weighted by molar-refractivity contribution is -0.0493. The summed E-state index contributed by atoms with van der Waals surface area (Å²) >= 11 is 0. The first-order valence-corrected chi connectivity index (χ1v) is 8.13. The van der Waals surface area contributed by atoms with Crippen LogP contribution in [-0.2, 0) is 0 Å². The van der Waals surface area contributed by atoms with E-state index in [1.807, 2.05) is 0 Å². The molecule has 1 fully saturated rings. The van der Waals surface area contributed by atoms with Gasteiger partial charge in [0, 0.05) is 19.5 Å². The van der Waals surface area contributed by atoms with Gasteiger partial charge in [-0.2, -0.15) is 8.78 Å². The first-order valence-electron chi connectivity index (χ1n) is 8.13. The Hall–Kier alpha value is -1.89. The Kier molecular flexibility index (Phi) is 6.36. The van der Waals surface area contributed by atoms with E-state index >= 15 is 0 Å². The van der Waals surface area contributed by atoms with Crippen molar-refractivity contribution in [3.8, 4) is 5.75 Å². The topological polar surface area (TPSA) is 61.8 Å². The van der Waals surface area contributed by atoms with E-state index in [2.05, 4.69) is 10.1 Å². The second kappa shape index (κ2) is 8.28. The second-order valence-corrected chi connectivity index (χ2v) is 6.25. The number of hydrogen-bond donors (Lipinski definition) is 2. The molecule has 2 N–H and O–H groups in total. The number of para-hydroxylation sites is 1. The number of carbonyl (C=O) groups excluding carboxylic acids is 1. The molecular formula is C17H24F2N2O3. The highest BCUT2D eigenvalue weighted by molar-refractivity contribution is 5.91. The van der Waals surface area contributed by atoms with Crippen molar-refractivity contribution in [2.45, 2.75) is 45.3 Å². The molecule has 2 rings (SSSR count). The Morgan fingerprint density at radius 2 is 2.12 bits per heavy atom. The number of carbonyl (C=O) groups is 1. The van der Waals surface area contributed by atoms with Crippen molar-refractivity contribution in [2.24, 2.45) is 5.92 Å². The molecule has 2 unspecified atom stereocenters. The quantitative estimate of drug-likeness (QED) is 0.859. The second-order valence-electron chi connectivity index (χ2n) is 6.25. The van der Waals surface area contributed by atoms with Crippen LogP contribution in [-0.4, -0.2) is 42.3 Å². The number of halogens is 2.